The Kier molecular flexibility index (Phi) is 11.9. The van der Waals surface area contributed by atoms with Crippen molar-refractivity contribution in [3.8, 4) is 0 Å². The minimum atomic E-state index is -5.97. The second kappa shape index (κ2) is 15.0. The average molecular weight is 759 g/mol. The summed E-state index contributed by atoms with van der Waals surface area (Å²) in [4.78, 5) is 0. The van der Waals surface area contributed by atoms with E-state index in [0.29, 0.717) is 21.2 Å². The molecule has 4 rings (SSSR count). The Labute approximate surface area is 272 Å². The summed E-state index contributed by atoms with van der Waals surface area (Å²) in [6.07, 6.45) is -0.411. The van der Waals surface area contributed by atoms with Gasteiger partial charge in [0.25, 0.3) is 0 Å². The van der Waals surface area contributed by atoms with Crippen LogP contribution < -0.4 is 21.2 Å². The predicted molar refractivity (Wildman–Crippen MR) is 181 cm³/mol. The van der Waals surface area contributed by atoms with Crippen LogP contribution in [0, 0.1) is 0 Å². The monoisotopic (exact) mass is 758 g/mol. The Hall–Kier alpha value is -2.43. The summed E-state index contributed by atoms with van der Waals surface area (Å²) in [5.41, 5.74) is -11.3. The van der Waals surface area contributed by atoms with E-state index in [1.54, 1.807) is 121 Å². The molecule has 0 aromatic heterocycles. The Morgan fingerprint density at radius 3 is 1.26 bits per heavy atom. The van der Waals surface area contributed by atoms with Crippen LogP contribution in [0.5, 0.6) is 0 Å². The number of halogens is 6. The topological polar surface area (TPSA) is 86.7 Å². The Morgan fingerprint density at radius 2 is 0.894 bits per heavy atom. The molecule has 0 fully saturated rings. The first-order valence-corrected chi connectivity index (χ1v) is 23.3. The summed E-state index contributed by atoms with van der Waals surface area (Å²) in [7, 11) is -16.6. The number of alkyl halides is 6. The first-order chi connectivity index (χ1) is 22.0. The van der Waals surface area contributed by atoms with Gasteiger partial charge < -0.3 is 0 Å². The fraction of sp³-hybridized carbons (Fsp3) is 0.200. The van der Waals surface area contributed by atoms with Crippen molar-refractivity contribution in [2.24, 2.45) is 0 Å². The Balaban J connectivity index is 1.83. The van der Waals surface area contributed by atoms with Crippen LogP contribution in [0.4, 0.5) is 26.3 Å². The maximum absolute atomic E-state index is 13.4. The molecule has 0 radical (unpaired) electrons. The van der Waals surface area contributed by atoms with Crippen molar-refractivity contribution in [2.45, 2.75) is 17.4 Å². The van der Waals surface area contributed by atoms with Crippen LogP contribution in [-0.4, -0.2) is 46.5 Å². The van der Waals surface area contributed by atoms with Crippen molar-refractivity contribution in [1.82, 2.24) is 0 Å². The molecule has 4 aromatic rings. The third kappa shape index (κ3) is 8.60. The fourth-order valence-electron chi connectivity index (χ4n) is 5.35. The molecule has 0 saturated heterocycles. The van der Waals surface area contributed by atoms with Gasteiger partial charge in [0.05, 0.1) is 0 Å². The SMILES string of the molecule is O=S(=O)(OC[PH](CCC[PH](POS(=O)(=O)C(F)(F)F)(c1ccccc1)c1ccccc1)(c1ccccc1)c1ccccc1)C(F)(F)F. The van der Waals surface area contributed by atoms with E-state index in [-0.39, 0.29) is 18.7 Å². The number of benzene rings is 4. The van der Waals surface area contributed by atoms with Crippen molar-refractivity contribution in [2.75, 3.05) is 18.7 Å². The summed E-state index contributed by atoms with van der Waals surface area (Å²) >= 11 is 0. The van der Waals surface area contributed by atoms with E-state index in [0.717, 1.165) is 0 Å². The second-order valence-corrected chi connectivity index (χ2v) is 25.1. The zero-order valence-corrected chi connectivity index (χ0v) is 29.0. The third-order valence-corrected chi connectivity index (χ3v) is 23.8. The van der Waals surface area contributed by atoms with Crippen LogP contribution in [-0.2, 0) is 28.4 Å². The molecule has 17 heteroatoms. The van der Waals surface area contributed by atoms with Gasteiger partial charge in [-0.25, -0.2) is 0 Å². The van der Waals surface area contributed by atoms with Crippen molar-refractivity contribution >= 4 is 64.2 Å². The second-order valence-electron chi connectivity index (χ2n) is 10.6. The standard InChI is InChI=1S/C30H31F6O6P3S2/c31-29(32,33)46(37,38)41-24-44(25-14-5-1-6-15-25,26-16-7-2-8-17-26)22-13-23-45(27-18-9-3-10-19-27,28-20-11-4-12-21-28)43-42-47(39,40)30(34,35)36/h1-12,14-21,43-45H,13,22-24H2. The third-order valence-electron chi connectivity index (χ3n) is 7.69. The van der Waals surface area contributed by atoms with E-state index < -0.39 is 60.3 Å². The van der Waals surface area contributed by atoms with Gasteiger partial charge in [0, 0.05) is 0 Å². The van der Waals surface area contributed by atoms with E-state index >= 15 is 0 Å². The summed E-state index contributed by atoms with van der Waals surface area (Å²) in [5, 5.41) is 2.33. The first-order valence-electron chi connectivity index (χ1n) is 14.0. The molecule has 0 N–H and O–H groups in total. The molecule has 1 unspecified atom stereocenters. The molecule has 0 heterocycles. The Morgan fingerprint density at radius 1 is 0.532 bits per heavy atom. The number of hydrogen-bond donors (Lipinski definition) is 0. The number of rotatable bonds is 14. The van der Waals surface area contributed by atoms with Crippen LogP contribution in [0.15, 0.2) is 121 Å². The summed E-state index contributed by atoms with van der Waals surface area (Å²) in [6, 6.07) is 33.6. The van der Waals surface area contributed by atoms with Gasteiger partial charge in [-0.2, -0.15) is 0 Å². The van der Waals surface area contributed by atoms with Gasteiger partial charge in [-0.1, -0.05) is 0 Å². The van der Waals surface area contributed by atoms with Crippen molar-refractivity contribution < 1.29 is 51.3 Å². The van der Waals surface area contributed by atoms with Gasteiger partial charge in [-0.05, 0) is 0 Å². The van der Waals surface area contributed by atoms with Gasteiger partial charge in [-0.15, -0.1) is 0 Å². The van der Waals surface area contributed by atoms with Gasteiger partial charge in [0.1, 0.15) is 0 Å². The minimum absolute atomic E-state index is 0.110. The fourth-order valence-corrected chi connectivity index (χ4v) is 20.8. The van der Waals surface area contributed by atoms with Crippen LogP contribution in [0.2, 0.25) is 0 Å². The van der Waals surface area contributed by atoms with Crippen molar-refractivity contribution in [3.05, 3.63) is 121 Å². The molecule has 0 aliphatic rings. The van der Waals surface area contributed by atoms with Crippen LogP contribution in [0.3, 0.4) is 0 Å². The maximum atomic E-state index is 13.4. The molecule has 6 nitrogen and oxygen atoms in total. The van der Waals surface area contributed by atoms with Gasteiger partial charge in [-0.3, -0.25) is 0 Å². The van der Waals surface area contributed by atoms with Crippen LogP contribution >= 0.6 is 22.7 Å². The first kappa shape index (κ1) is 37.4. The Bertz CT molecular complexity index is 1600. The molecule has 4 aromatic carbocycles. The van der Waals surface area contributed by atoms with Crippen molar-refractivity contribution in [3.63, 3.8) is 0 Å². The van der Waals surface area contributed by atoms with Gasteiger partial charge in [0.2, 0.25) is 0 Å². The summed E-state index contributed by atoms with van der Waals surface area (Å²) < 4.78 is 139. The molecular formula is C30H31F6O6P3S2. The zero-order valence-electron chi connectivity index (χ0n) is 24.4. The molecule has 1 atom stereocenters. The van der Waals surface area contributed by atoms with E-state index in [4.69, 9.17) is 8.15 Å². The number of hydrogen-bond acceptors (Lipinski definition) is 6. The van der Waals surface area contributed by atoms with Crippen LogP contribution in [0.1, 0.15) is 6.42 Å². The van der Waals surface area contributed by atoms with E-state index in [9.17, 15) is 43.2 Å². The molecular weight excluding hydrogens is 727 g/mol. The molecule has 0 bridgehead atoms. The normalized spacial score (nSPS) is 14.3. The van der Waals surface area contributed by atoms with E-state index in [1.807, 2.05) is 0 Å². The van der Waals surface area contributed by atoms with Crippen molar-refractivity contribution in [1.29, 1.82) is 0 Å². The van der Waals surface area contributed by atoms with E-state index in [2.05, 4.69) is 0 Å². The summed E-state index contributed by atoms with van der Waals surface area (Å²) in [5.74, 6) is 0. The van der Waals surface area contributed by atoms with Gasteiger partial charge in [0.15, 0.2) is 0 Å². The average Bonchev–Trinajstić information content (AvgIpc) is 3.05. The molecule has 0 saturated carbocycles. The molecule has 0 spiro atoms. The molecule has 47 heavy (non-hydrogen) atoms. The zero-order chi connectivity index (χ0) is 34.4. The van der Waals surface area contributed by atoms with Crippen LogP contribution in [0.25, 0.3) is 0 Å². The quantitative estimate of drug-likeness (QED) is 0.0643. The predicted octanol–water partition coefficient (Wildman–Crippen LogP) is 6.38. The van der Waals surface area contributed by atoms with Gasteiger partial charge >= 0.3 is 273 Å². The molecule has 256 valence electrons. The molecule has 0 aliphatic heterocycles. The van der Waals surface area contributed by atoms with E-state index in [1.165, 1.54) is 0 Å². The summed E-state index contributed by atoms with van der Waals surface area (Å²) in [6.45, 7) is -3.52. The molecule has 0 amide bonds. The molecule has 0 aliphatic carbocycles.